The lowest BCUT2D eigenvalue weighted by molar-refractivity contribution is -0.134. The van der Waals surface area contributed by atoms with Gasteiger partial charge in [-0.1, -0.05) is 48.5 Å². The molecule has 6 heteroatoms. The summed E-state index contributed by atoms with van der Waals surface area (Å²) in [6.07, 6.45) is 3.61. The molecule has 4 aromatic rings. The molecule has 0 radical (unpaired) electrons. The number of carbonyl (C=O) groups excluding carboxylic acids is 1. The summed E-state index contributed by atoms with van der Waals surface area (Å²) in [5.74, 6) is 1.01. The molecule has 1 fully saturated rings. The van der Waals surface area contributed by atoms with E-state index in [1.54, 1.807) is 0 Å². The summed E-state index contributed by atoms with van der Waals surface area (Å²) in [7, 11) is 0. The van der Waals surface area contributed by atoms with Crippen LogP contribution in [0.15, 0.2) is 60.7 Å². The number of nitrogens with zero attached hydrogens (tertiary/aromatic N) is 4. The molecule has 0 bridgehead atoms. The van der Waals surface area contributed by atoms with Crippen molar-refractivity contribution in [2.75, 3.05) is 24.5 Å². The molecule has 3 aliphatic rings. The van der Waals surface area contributed by atoms with Crippen molar-refractivity contribution in [2.24, 2.45) is 0 Å². The van der Waals surface area contributed by atoms with Crippen LogP contribution in [0.1, 0.15) is 40.8 Å². The molecule has 1 N–H and O–H groups in total. The van der Waals surface area contributed by atoms with E-state index in [4.69, 9.17) is 9.97 Å². The van der Waals surface area contributed by atoms with E-state index >= 15 is 0 Å². The second-order valence-corrected chi connectivity index (χ2v) is 10.9. The van der Waals surface area contributed by atoms with Gasteiger partial charge >= 0.3 is 0 Å². The maximum atomic E-state index is 13.0. The second kappa shape index (κ2) is 9.52. The summed E-state index contributed by atoms with van der Waals surface area (Å²) in [4.78, 5) is 27.4. The molecule has 3 aromatic carbocycles. The number of hydrogen-bond donors (Lipinski definition) is 1. The predicted molar refractivity (Wildman–Crippen MR) is 151 cm³/mol. The van der Waals surface area contributed by atoms with Gasteiger partial charge in [0.25, 0.3) is 0 Å². The van der Waals surface area contributed by atoms with E-state index in [9.17, 15) is 4.79 Å². The molecule has 1 amide bonds. The molecule has 4 heterocycles. The second-order valence-electron chi connectivity index (χ2n) is 10.9. The fraction of sp³-hybridized carbons (Fsp3) is 0.344. The van der Waals surface area contributed by atoms with Crippen LogP contribution in [0.3, 0.4) is 0 Å². The molecule has 0 saturated carbocycles. The topological polar surface area (TPSA) is 61.4 Å². The third kappa shape index (κ3) is 4.13. The van der Waals surface area contributed by atoms with Gasteiger partial charge in [-0.3, -0.25) is 4.79 Å². The van der Waals surface area contributed by atoms with Crippen molar-refractivity contribution in [2.45, 2.75) is 51.7 Å². The van der Waals surface area contributed by atoms with Crippen molar-refractivity contribution >= 4 is 22.8 Å². The van der Waals surface area contributed by atoms with Gasteiger partial charge in [-0.2, -0.15) is 0 Å². The molecule has 192 valence electrons. The fourth-order valence-electron chi connectivity index (χ4n) is 6.52. The smallest absolute Gasteiger partial charge is 0.227 e. The molecule has 1 aromatic heterocycles. The van der Waals surface area contributed by atoms with Crippen LogP contribution in [-0.4, -0.2) is 46.5 Å². The van der Waals surface area contributed by atoms with Crippen LogP contribution >= 0.6 is 0 Å². The zero-order valence-electron chi connectivity index (χ0n) is 21.9. The number of piperidine rings is 1. The first-order valence-electron chi connectivity index (χ1n) is 13.9. The van der Waals surface area contributed by atoms with Gasteiger partial charge in [0.05, 0.1) is 17.6 Å². The van der Waals surface area contributed by atoms with Crippen molar-refractivity contribution in [3.8, 4) is 11.1 Å². The van der Waals surface area contributed by atoms with E-state index in [0.29, 0.717) is 13.0 Å². The molecule has 3 aliphatic heterocycles. The quantitative estimate of drug-likeness (QED) is 0.435. The lowest BCUT2D eigenvalue weighted by Crippen LogP contribution is -2.52. The standard InChI is InChI=1S/C32H33N5O/c1-21-29-16-23(27-10-4-8-24-18-33-14-13-28(24)27)11-12-30(29)35-32(34-21)36-15-5-9-26(20-36)37-19-25-7-3-2-6-22(25)17-31(37)38/h2-4,6-8,10-12,16,26,33H,5,9,13-15,17-20H2,1H3/t26-/m1/s1. The van der Waals surface area contributed by atoms with Crippen LogP contribution in [0, 0.1) is 6.92 Å². The Kier molecular flexibility index (Phi) is 5.85. The molecule has 0 aliphatic carbocycles. The van der Waals surface area contributed by atoms with Crippen LogP contribution in [0.5, 0.6) is 0 Å². The summed E-state index contributed by atoms with van der Waals surface area (Å²) < 4.78 is 0. The van der Waals surface area contributed by atoms with Crippen molar-refractivity contribution in [1.29, 1.82) is 0 Å². The fourth-order valence-corrected chi connectivity index (χ4v) is 6.52. The maximum Gasteiger partial charge on any atom is 0.227 e. The zero-order chi connectivity index (χ0) is 25.6. The van der Waals surface area contributed by atoms with Gasteiger partial charge in [-0.15, -0.1) is 0 Å². The van der Waals surface area contributed by atoms with Crippen LogP contribution in [0.4, 0.5) is 5.95 Å². The van der Waals surface area contributed by atoms with Crippen LogP contribution in [0.25, 0.3) is 22.0 Å². The van der Waals surface area contributed by atoms with E-state index < -0.39 is 0 Å². The summed E-state index contributed by atoms with van der Waals surface area (Å²) in [6.45, 7) is 6.45. The maximum absolute atomic E-state index is 13.0. The van der Waals surface area contributed by atoms with Gasteiger partial charge in [0.1, 0.15) is 0 Å². The summed E-state index contributed by atoms with van der Waals surface area (Å²) >= 11 is 0. The first kappa shape index (κ1) is 23.4. The lowest BCUT2D eigenvalue weighted by atomic mass is 9.91. The number of rotatable bonds is 3. The number of aryl methyl sites for hydroxylation is 1. The Bertz CT molecular complexity index is 1550. The average molecular weight is 504 g/mol. The third-order valence-electron chi connectivity index (χ3n) is 8.57. The first-order valence-corrected chi connectivity index (χ1v) is 13.9. The Balaban J connectivity index is 1.16. The lowest BCUT2D eigenvalue weighted by Gasteiger charge is -2.41. The number of carbonyl (C=O) groups is 1. The van der Waals surface area contributed by atoms with E-state index in [-0.39, 0.29) is 11.9 Å². The molecule has 7 rings (SSSR count). The van der Waals surface area contributed by atoms with Gasteiger partial charge in [-0.25, -0.2) is 9.97 Å². The van der Waals surface area contributed by atoms with E-state index in [1.165, 1.54) is 33.4 Å². The van der Waals surface area contributed by atoms with Crippen LogP contribution < -0.4 is 10.2 Å². The minimum Gasteiger partial charge on any atom is -0.339 e. The largest absolute Gasteiger partial charge is 0.339 e. The Morgan fingerprint density at radius 1 is 0.974 bits per heavy atom. The van der Waals surface area contributed by atoms with Crippen LogP contribution in [0.2, 0.25) is 0 Å². The number of hydrogen-bond acceptors (Lipinski definition) is 5. The summed E-state index contributed by atoms with van der Waals surface area (Å²) in [5, 5.41) is 4.59. The Hall–Kier alpha value is -3.77. The Labute approximate surface area is 223 Å². The molecule has 0 spiro atoms. The zero-order valence-corrected chi connectivity index (χ0v) is 21.9. The summed E-state index contributed by atoms with van der Waals surface area (Å²) in [5.41, 5.74) is 9.83. The van der Waals surface area contributed by atoms with Gasteiger partial charge in [0.2, 0.25) is 11.9 Å². The molecule has 0 unspecified atom stereocenters. The predicted octanol–water partition coefficient (Wildman–Crippen LogP) is 4.80. The van der Waals surface area contributed by atoms with Crippen molar-refractivity contribution < 1.29 is 4.79 Å². The monoisotopic (exact) mass is 503 g/mol. The van der Waals surface area contributed by atoms with Crippen molar-refractivity contribution in [3.05, 3.63) is 88.6 Å². The Morgan fingerprint density at radius 2 is 1.84 bits per heavy atom. The molecular formula is C32H33N5O. The molecule has 1 atom stereocenters. The van der Waals surface area contributed by atoms with E-state index in [1.807, 2.05) is 6.07 Å². The Morgan fingerprint density at radius 3 is 2.76 bits per heavy atom. The van der Waals surface area contributed by atoms with Gasteiger partial charge in [-0.05, 0) is 78.2 Å². The molecule has 6 nitrogen and oxygen atoms in total. The number of anilines is 1. The normalized spacial score (nSPS) is 19.4. The number of benzene rings is 3. The average Bonchev–Trinajstić information content (AvgIpc) is 2.96. The molecule has 1 saturated heterocycles. The summed E-state index contributed by atoms with van der Waals surface area (Å²) in [6, 6.07) is 21.8. The van der Waals surface area contributed by atoms with Gasteiger partial charge in [0.15, 0.2) is 0 Å². The number of aromatic nitrogens is 2. The molecular weight excluding hydrogens is 470 g/mol. The first-order chi connectivity index (χ1) is 18.6. The highest BCUT2D eigenvalue weighted by molar-refractivity contribution is 5.88. The van der Waals surface area contributed by atoms with Gasteiger partial charge in [0, 0.05) is 37.6 Å². The minimum absolute atomic E-state index is 0.185. The van der Waals surface area contributed by atoms with Gasteiger partial charge < -0.3 is 15.1 Å². The van der Waals surface area contributed by atoms with Crippen LogP contribution in [-0.2, 0) is 30.7 Å². The number of nitrogens with one attached hydrogen (secondary N) is 1. The minimum atomic E-state index is 0.185. The highest BCUT2D eigenvalue weighted by Gasteiger charge is 2.33. The number of fused-ring (bicyclic) bond motifs is 3. The third-order valence-corrected chi connectivity index (χ3v) is 8.57. The highest BCUT2D eigenvalue weighted by atomic mass is 16.2. The van der Waals surface area contributed by atoms with E-state index in [0.717, 1.165) is 68.0 Å². The number of amides is 1. The van der Waals surface area contributed by atoms with Crippen molar-refractivity contribution in [1.82, 2.24) is 20.2 Å². The highest BCUT2D eigenvalue weighted by Crippen LogP contribution is 2.32. The molecule has 38 heavy (non-hydrogen) atoms. The van der Waals surface area contributed by atoms with E-state index in [2.05, 4.69) is 76.6 Å². The SMILES string of the molecule is Cc1nc(N2CCC[C@@H](N3Cc4ccccc4CC3=O)C2)nc2ccc(-c3cccc4c3CCNC4)cc12. The van der Waals surface area contributed by atoms with Crippen molar-refractivity contribution in [3.63, 3.8) is 0 Å².